The molecule has 0 amide bonds. The van der Waals surface area contributed by atoms with E-state index in [0.29, 0.717) is 10.5 Å². The fraction of sp³-hybridized carbons (Fsp3) is 0.333. The zero-order valence-electron chi connectivity index (χ0n) is 16.3. The summed E-state index contributed by atoms with van der Waals surface area (Å²) in [5.41, 5.74) is 1.72. The summed E-state index contributed by atoms with van der Waals surface area (Å²) in [5.74, 6) is 0. The lowest BCUT2D eigenvalue weighted by Gasteiger charge is -2.16. The summed E-state index contributed by atoms with van der Waals surface area (Å²) in [6.45, 7) is 5.87. The molecule has 3 aromatic rings. The normalized spacial score (nSPS) is 11.1. The Morgan fingerprint density at radius 1 is 1.21 bits per heavy atom. The molecule has 0 aliphatic carbocycles. The van der Waals surface area contributed by atoms with Crippen LogP contribution in [0.25, 0.3) is 11.0 Å². The van der Waals surface area contributed by atoms with Gasteiger partial charge in [-0.05, 0) is 48.6 Å². The van der Waals surface area contributed by atoms with E-state index in [9.17, 15) is 13.2 Å². The lowest BCUT2D eigenvalue weighted by molar-refractivity contribution is -0.138. The highest BCUT2D eigenvalue weighted by Crippen LogP contribution is 2.36. The third-order valence-electron chi connectivity index (χ3n) is 4.42. The molecule has 2 aromatic heterocycles. The highest BCUT2D eigenvalue weighted by Gasteiger charge is 2.34. The second kappa shape index (κ2) is 9.16. The molecule has 0 fully saturated rings. The number of nitriles is 1. The molecule has 7 heteroatoms. The van der Waals surface area contributed by atoms with Crippen molar-refractivity contribution < 1.29 is 13.2 Å². The molecular weight excluding hydrogens is 383 g/mol. The average Bonchev–Trinajstić information content (AvgIpc) is 2.95. The van der Waals surface area contributed by atoms with Gasteiger partial charge in [0.25, 0.3) is 0 Å². The van der Waals surface area contributed by atoms with Crippen molar-refractivity contribution in [2.24, 2.45) is 0 Å². The molecule has 0 bridgehead atoms. The number of nitrogens with zero attached hydrogens (tertiary/aromatic N) is 3. The third kappa shape index (κ3) is 4.33. The minimum absolute atomic E-state index is 0.0499. The van der Waals surface area contributed by atoms with Gasteiger partial charge in [0.1, 0.15) is 5.65 Å². The summed E-state index contributed by atoms with van der Waals surface area (Å²) >= 11 is 1.28. The van der Waals surface area contributed by atoms with Crippen LogP contribution in [0.2, 0.25) is 0 Å². The summed E-state index contributed by atoms with van der Waals surface area (Å²) < 4.78 is 42.3. The number of benzene rings is 1. The number of pyridine rings is 1. The molecule has 3 nitrogen and oxygen atoms in total. The Balaban J connectivity index is 0.00000136. The zero-order chi connectivity index (χ0) is 20.9. The van der Waals surface area contributed by atoms with E-state index < -0.39 is 11.7 Å². The van der Waals surface area contributed by atoms with Crippen LogP contribution in [0.1, 0.15) is 36.2 Å². The highest BCUT2D eigenvalue weighted by atomic mass is 32.2. The SMILES string of the molecule is CC.CSc1ccc(Cn2c(C)c(CC#N)c3cccnc32)c(C(F)(F)F)c1. The predicted molar refractivity (Wildman–Crippen MR) is 107 cm³/mol. The van der Waals surface area contributed by atoms with Crippen molar-refractivity contribution in [2.45, 2.75) is 44.8 Å². The predicted octanol–water partition coefficient (Wildman–Crippen LogP) is 6.23. The Kier molecular flexibility index (Phi) is 7.14. The van der Waals surface area contributed by atoms with E-state index in [0.717, 1.165) is 16.6 Å². The Hall–Kier alpha value is -2.46. The van der Waals surface area contributed by atoms with Crippen LogP contribution >= 0.6 is 11.8 Å². The first kappa shape index (κ1) is 21.8. The van der Waals surface area contributed by atoms with E-state index in [-0.39, 0.29) is 18.5 Å². The number of hydrogen-bond acceptors (Lipinski definition) is 3. The Morgan fingerprint density at radius 3 is 2.54 bits per heavy atom. The third-order valence-corrected chi connectivity index (χ3v) is 5.14. The Morgan fingerprint density at radius 2 is 1.93 bits per heavy atom. The van der Waals surface area contributed by atoms with E-state index in [1.54, 1.807) is 29.2 Å². The smallest absolute Gasteiger partial charge is 0.325 e. The molecule has 0 N–H and O–H groups in total. The van der Waals surface area contributed by atoms with Crippen molar-refractivity contribution in [3.05, 3.63) is 58.9 Å². The molecule has 148 valence electrons. The summed E-state index contributed by atoms with van der Waals surface area (Å²) in [6.07, 6.45) is -0.883. The number of fused-ring (bicyclic) bond motifs is 1. The molecule has 2 heterocycles. The fourth-order valence-corrected chi connectivity index (χ4v) is 3.55. The molecule has 1 aromatic carbocycles. The maximum absolute atomic E-state index is 13.5. The van der Waals surface area contributed by atoms with Crippen LogP contribution in [0.3, 0.4) is 0 Å². The molecule has 28 heavy (non-hydrogen) atoms. The molecular formula is C21H22F3N3S. The van der Waals surface area contributed by atoms with Crippen LogP contribution in [0, 0.1) is 18.3 Å². The van der Waals surface area contributed by atoms with Gasteiger partial charge in [-0.3, -0.25) is 0 Å². The topological polar surface area (TPSA) is 41.6 Å². The molecule has 0 saturated heterocycles. The Bertz CT molecular complexity index is 1000. The molecule has 3 rings (SSSR count). The van der Waals surface area contributed by atoms with E-state index in [4.69, 9.17) is 5.26 Å². The van der Waals surface area contributed by atoms with Crippen LogP contribution in [-0.4, -0.2) is 15.8 Å². The van der Waals surface area contributed by atoms with Crippen LogP contribution in [0.4, 0.5) is 13.2 Å². The van der Waals surface area contributed by atoms with Gasteiger partial charge in [-0.2, -0.15) is 18.4 Å². The van der Waals surface area contributed by atoms with Gasteiger partial charge >= 0.3 is 6.18 Å². The van der Waals surface area contributed by atoms with Crippen molar-refractivity contribution in [3.8, 4) is 6.07 Å². The van der Waals surface area contributed by atoms with Crippen molar-refractivity contribution in [2.75, 3.05) is 6.26 Å². The maximum atomic E-state index is 13.5. The van der Waals surface area contributed by atoms with Crippen LogP contribution in [0.15, 0.2) is 41.4 Å². The molecule has 0 aliphatic heterocycles. The van der Waals surface area contributed by atoms with Crippen molar-refractivity contribution in [3.63, 3.8) is 0 Å². The minimum Gasteiger partial charge on any atom is -0.325 e. The van der Waals surface area contributed by atoms with Crippen molar-refractivity contribution in [1.82, 2.24) is 9.55 Å². The lowest BCUT2D eigenvalue weighted by atomic mass is 10.1. The number of alkyl halides is 3. The molecule has 0 radical (unpaired) electrons. The maximum Gasteiger partial charge on any atom is 0.416 e. The van der Waals surface area contributed by atoms with E-state index in [1.165, 1.54) is 23.9 Å². The van der Waals surface area contributed by atoms with Crippen molar-refractivity contribution in [1.29, 1.82) is 5.26 Å². The number of rotatable bonds is 4. The van der Waals surface area contributed by atoms with E-state index >= 15 is 0 Å². The number of halogens is 3. The average molecular weight is 405 g/mol. The molecule has 0 saturated carbocycles. The largest absolute Gasteiger partial charge is 0.416 e. The standard InChI is InChI=1S/C19H16F3N3S.C2H6/c1-12-15(7-8-23)16-4-3-9-24-18(16)25(12)11-13-5-6-14(26-2)10-17(13)19(20,21)22;1-2/h3-6,9-10H,7,11H2,1-2H3;1-2H3. The van der Waals surface area contributed by atoms with Crippen LogP contribution in [0.5, 0.6) is 0 Å². The molecule has 0 atom stereocenters. The van der Waals surface area contributed by atoms with Gasteiger partial charge in [-0.1, -0.05) is 19.9 Å². The first-order chi connectivity index (χ1) is 13.4. The van der Waals surface area contributed by atoms with Gasteiger partial charge in [0.05, 0.1) is 18.1 Å². The van der Waals surface area contributed by atoms with Gasteiger partial charge in [0, 0.05) is 28.7 Å². The van der Waals surface area contributed by atoms with Crippen LogP contribution < -0.4 is 0 Å². The van der Waals surface area contributed by atoms with Gasteiger partial charge in [0.15, 0.2) is 0 Å². The quantitative estimate of drug-likeness (QED) is 0.484. The lowest BCUT2D eigenvalue weighted by Crippen LogP contribution is -2.13. The van der Waals surface area contributed by atoms with Crippen LogP contribution in [-0.2, 0) is 19.1 Å². The zero-order valence-corrected chi connectivity index (χ0v) is 17.1. The van der Waals surface area contributed by atoms with Crippen molar-refractivity contribution >= 4 is 22.8 Å². The minimum atomic E-state index is -4.43. The first-order valence-corrected chi connectivity index (χ1v) is 10.1. The number of hydrogen-bond donors (Lipinski definition) is 0. The number of thioether (sulfide) groups is 1. The summed E-state index contributed by atoms with van der Waals surface area (Å²) in [5, 5.41) is 9.89. The first-order valence-electron chi connectivity index (χ1n) is 8.90. The van der Waals surface area contributed by atoms with Gasteiger partial charge in [-0.25, -0.2) is 4.98 Å². The summed E-state index contributed by atoms with van der Waals surface area (Å²) in [6, 6.07) is 10.1. The Labute approximate surface area is 167 Å². The monoisotopic (exact) mass is 405 g/mol. The van der Waals surface area contributed by atoms with Gasteiger partial charge < -0.3 is 4.57 Å². The molecule has 0 aliphatic rings. The summed E-state index contributed by atoms with van der Waals surface area (Å²) in [7, 11) is 0. The summed E-state index contributed by atoms with van der Waals surface area (Å²) in [4.78, 5) is 4.90. The molecule has 0 spiro atoms. The highest BCUT2D eigenvalue weighted by molar-refractivity contribution is 7.98. The van der Waals surface area contributed by atoms with E-state index in [2.05, 4.69) is 11.1 Å². The van der Waals surface area contributed by atoms with Gasteiger partial charge in [-0.15, -0.1) is 11.8 Å². The molecule has 0 unspecified atom stereocenters. The van der Waals surface area contributed by atoms with E-state index in [1.807, 2.05) is 26.8 Å². The fourth-order valence-electron chi connectivity index (χ4n) is 3.11. The second-order valence-electron chi connectivity index (χ2n) is 5.88. The van der Waals surface area contributed by atoms with Gasteiger partial charge in [0.2, 0.25) is 0 Å². The number of aromatic nitrogens is 2. The second-order valence-corrected chi connectivity index (χ2v) is 6.76.